The number of hydrogen-bond acceptors (Lipinski definition) is 6. The van der Waals surface area contributed by atoms with Crippen molar-refractivity contribution in [2.75, 3.05) is 0 Å². The molecule has 0 aliphatic rings. The van der Waals surface area contributed by atoms with Crippen LogP contribution in [0.15, 0.2) is 52.3 Å². The number of carboxylic acid groups (broad SMARTS) is 1. The van der Waals surface area contributed by atoms with Crippen LogP contribution < -0.4 is 5.32 Å². The van der Waals surface area contributed by atoms with E-state index in [0.29, 0.717) is 18.2 Å². The first-order valence-corrected chi connectivity index (χ1v) is 8.41. The minimum Gasteiger partial charge on any atom is -0.480 e. The number of aromatic nitrogens is 2. The molecule has 1 aromatic carbocycles. The summed E-state index contributed by atoms with van der Waals surface area (Å²) in [5.41, 5.74) is 0.953. The highest BCUT2D eigenvalue weighted by Crippen LogP contribution is 2.25. The maximum atomic E-state index is 11.5. The maximum Gasteiger partial charge on any atom is 0.321 e. The molecule has 0 saturated heterocycles. The molecule has 3 aromatic rings. The predicted octanol–water partition coefficient (Wildman–Crippen LogP) is 3.14. The molecule has 2 heterocycles. The number of rotatable bonds is 7. The molecule has 1 unspecified atom stereocenters. The quantitative estimate of drug-likeness (QED) is 0.685. The van der Waals surface area contributed by atoms with Gasteiger partial charge in [0, 0.05) is 0 Å². The van der Waals surface area contributed by atoms with E-state index in [2.05, 4.69) is 15.5 Å². The van der Waals surface area contributed by atoms with Crippen molar-refractivity contribution in [3.63, 3.8) is 0 Å². The van der Waals surface area contributed by atoms with Crippen molar-refractivity contribution in [1.82, 2.24) is 15.5 Å². The second-order valence-electron chi connectivity index (χ2n) is 5.39. The van der Waals surface area contributed by atoms with Crippen molar-refractivity contribution in [1.29, 1.82) is 0 Å². The van der Waals surface area contributed by atoms with Gasteiger partial charge in [-0.1, -0.05) is 36.4 Å². The van der Waals surface area contributed by atoms with E-state index in [4.69, 9.17) is 4.42 Å². The summed E-state index contributed by atoms with van der Waals surface area (Å²) in [7, 11) is 0. The van der Waals surface area contributed by atoms with E-state index in [1.807, 2.05) is 54.8 Å². The minimum absolute atomic E-state index is 0.365. The Morgan fingerprint density at radius 2 is 2.04 bits per heavy atom. The van der Waals surface area contributed by atoms with Crippen LogP contribution in [0.5, 0.6) is 0 Å². The molecule has 7 heteroatoms. The summed E-state index contributed by atoms with van der Waals surface area (Å²) in [6, 6.07) is 12.2. The van der Waals surface area contributed by atoms with Gasteiger partial charge in [-0.05, 0) is 30.4 Å². The molecule has 3 rings (SSSR count). The summed E-state index contributed by atoms with van der Waals surface area (Å²) < 4.78 is 5.65. The number of benzene rings is 1. The zero-order valence-electron chi connectivity index (χ0n) is 13.0. The van der Waals surface area contributed by atoms with Crippen LogP contribution in [-0.4, -0.2) is 27.3 Å². The van der Waals surface area contributed by atoms with Gasteiger partial charge in [0.05, 0.1) is 10.9 Å². The third kappa shape index (κ3) is 3.87. The van der Waals surface area contributed by atoms with Gasteiger partial charge < -0.3 is 9.52 Å². The molecule has 2 N–H and O–H groups in total. The van der Waals surface area contributed by atoms with Crippen molar-refractivity contribution in [3.05, 3.63) is 59.3 Å². The molecular formula is C17H17N3O3S. The number of aliphatic carboxylic acids is 1. The third-order valence-electron chi connectivity index (χ3n) is 3.57. The monoisotopic (exact) mass is 343 g/mol. The second kappa shape index (κ2) is 7.37. The Morgan fingerprint density at radius 1 is 1.25 bits per heavy atom. The summed E-state index contributed by atoms with van der Waals surface area (Å²) in [6.07, 6.45) is 0.381. The average Bonchev–Trinajstić information content (AvgIpc) is 3.26. The molecule has 0 spiro atoms. The lowest BCUT2D eigenvalue weighted by Gasteiger charge is -2.17. The van der Waals surface area contributed by atoms with E-state index in [0.717, 1.165) is 10.4 Å². The number of thiophene rings is 1. The zero-order chi connectivity index (χ0) is 16.9. The minimum atomic E-state index is -0.913. The van der Waals surface area contributed by atoms with Crippen molar-refractivity contribution < 1.29 is 14.3 Å². The molecule has 0 aliphatic heterocycles. The fourth-order valence-corrected chi connectivity index (χ4v) is 2.99. The van der Waals surface area contributed by atoms with Crippen LogP contribution in [0.3, 0.4) is 0 Å². The molecule has 6 nitrogen and oxygen atoms in total. The van der Waals surface area contributed by atoms with Crippen LogP contribution in [0.2, 0.25) is 0 Å². The Labute approximate surface area is 143 Å². The van der Waals surface area contributed by atoms with E-state index >= 15 is 0 Å². The van der Waals surface area contributed by atoms with Gasteiger partial charge >= 0.3 is 5.97 Å². The van der Waals surface area contributed by atoms with Crippen molar-refractivity contribution in [3.8, 4) is 10.8 Å². The van der Waals surface area contributed by atoms with Crippen LogP contribution >= 0.6 is 11.3 Å². The first-order chi connectivity index (χ1) is 11.6. The number of carbonyl (C=O) groups is 1. The second-order valence-corrected chi connectivity index (χ2v) is 6.34. The van der Waals surface area contributed by atoms with Gasteiger partial charge in [0.2, 0.25) is 5.89 Å². The molecular weight excluding hydrogens is 326 g/mol. The van der Waals surface area contributed by atoms with Crippen molar-refractivity contribution >= 4 is 17.3 Å². The molecule has 0 bridgehead atoms. The Balaban J connectivity index is 1.69. The Bertz CT molecular complexity index is 787. The molecule has 0 amide bonds. The molecule has 0 saturated carbocycles. The lowest BCUT2D eigenvalue weighted by atomic mass is 10.1. The number of nitrogens with zero attached hydrogens (tertiary/aromatic N) is 2. The van der Waals surface area contributed by atoms with Crippen LogP contribution in [0.4, 0.5) is 0 Å². The Hall–Kier alpha value is -2.51. The maximum absolute atomic E-state index is 11.5. The normalized spacial score (nSPS) is 13.5. The summed E-state index contributed by atoms with van der Waals surface area (Å²) in [5.74, 6) is -0.0926. The van der Waals surface area contributed by atoms with E-state index < -0.39 is 12.0 Å². The molecule has 24 heavy (non-hydrogen) atoms. The average molecular weight is 343 g/mol. The molecule has 0 radical (unpaired) electrons. The molecule has 0 aliphatic carbocycles. The molecule has 0 fully saturated rings. The lowest BCUT2D eigenvalue weighted by Crippen LogP contribution is -2.40. The van der Waals surface area contributed by atoms with Gasteiger partial charge in [-0.2, -0.15) is 0 Å². The van der Waals surface area contributed by atoms with Crippen LogP contribution in [0, 0.1) is 0 Å². The number of nitrogens with one attached hydrogen (secondary N) is 1. The van der Waals surface area contributed by atoms with Gasteiger partial charge in [-0.3, -0.25) is 10.1 Å². The SMILES string of the molecule is CC(N[C@@H](Cc1ccccc1)C(=O)O)c1nnc(-c2cccs2)o1. The van der Waals surface area contributed by atoms with Gasteiger partial charge in [0.1, 0.15) is 6.04 Å². The third-order valence-corrected chi connectivity index (χ3v) is 4.43. The van der Waals surface area contributed by atoms with Gasteiger partial charge in [-0.15, -0.1) is 21.5 Å². The molecule has 2 aromatic heterocycles. The number of hydrogen-bond donors (Lipinski definition) is 2. The van der Waals surface area contributed by atoms with Crippen LogP contribution in [0.1, 0.15) is 24.4 Å². The van der Waals surface area contributed by atoms with Crippen LogP contribution in [-0.2, 0) is 11.2 Å². The van der Waals surface area contributed by atoms with Crippen molar-refractivity contribution in [2.45, 2.75) is 25.4 Å². The van der Waals surface area contributed by atoms with Gasteiger partial charge in [0.25, 0.3) is 5.89 Å². The Morgan fingerprint density at radius 3 is 2.71 bits per heavy atom. The molecule has 2 atom stereocenters. The standard InChI is InChI=1S/C17H17N3O3S/c1-11(15-19-20-16(23-15)14-8-5-9-24-14)18-13(17(21)22)10-12-6-3-2-4-7-12/h2-9,11,13,18H,10H2,1H3,(H,21,22)/t11?,13-/m0/s1. The fourth-order valence-electron chi connectivity index (χ4n) is 2.35. The van der Waals surface area contributed by atoms with Gasteiger partial charge in [0.15, 0.2) is 0 Å². The predicted molar refractivity (Wildman–Crippen MR) is 90.7 cm³/mol. The van der Waals surface area contributed by atoms with Crippen LogP contribution in [0.25, 0.3) is 10.8 Å². The largest absolute Gasteiger partial charge is 0.480 e. The highest BCUT2D eigenvalue weighted by molar-refractivity contribution is 7.13. The summed E-state index contributed by atoms with van der Waals surface area (Å²) in [6.45, 7) is 1.81. The Kier molecular flexibility index (Phi) is 5.02. The smallest absolute Gasteiger partial charge is 0.321 e. The lowest BCUT2D eigenvalue weighted by molar-refractivity contribution is -0.139. The summed E-state index contributed by atoms with van der Waals surface area (Å²) >= 11 is 1.51. The summed E-state index contributed by atoms with van der Waals surface area (Å²) in [4.78, 5) is 12.4. The summed E-state index contributed by atoms with van der Waals surface area (Å²) in [5, 5.41) is 22.5. The van der Waals surface area contributed by atoms with E-state index in [9.17, 15) is 9.90 Å². The van der Waals surface area contributed by atoms with E-state index in [-0.39, 0.29) is 6.04 Å². The van der Waals surface area contributed by atoms with Crippen molar-refractivity contribution in [2.24, 2.45) is 0 Å². The first kappa shape index (κ1) is 16.4. The zero-order valence-corrected chi connectivity index (χ0v) is 13.9. The topological polar surface area (TPSA) is 88.2 Å². The number of carboxylic acids is 1. The fraction of sp³-hybridized carbons (Fsp3) is 0.235. The highest BCUT2D eigenvalue weighted by atomic mass is 32.1. The van der Waals surface area contributed by atoms with E-state index in [1.165, 1.54) is 11.3 Å². The first-order valence-electron chi connectivity index (χ1n) is 7.53. The highest BCUT2D eigenvalue weighted by Gasteiger charge is 2.23. The molecule has 124 valence electrons. The van der Waals surface area contributed by atoms with E-state index in [1.54, 1.807) is 0 Å². The van der Waals surface area contributed by atoms with Gasteiger partial charge in [-0.25, -0.2) is 0 Å².